The van der Waals surface area contributed by atoms with Crippen molar-refractivity contribution in [2.45, 2.75) is 39.3 Å². The monoisotopic (exact) mass is 391 g/mol. The molecular formula is C20H29N3O3S. The van der Waals surface area contributed by atoms with Crippen LogP contribution in [-0.2, 0) is 22.8 Å². The van der Waals surface area contributed by atoms with E-state index in [-0.39, 0.29) is 17.5 Å². The minimum absolute atomic E-state index is 0.0212. The van der Waals surface area contributed by atoms with Crippen LogP contribution in [0.1, 0.15) is 35.0 Å². The number of nitrogens with zero attached hydrogens (tertiary/aromatic N) is 3. The minimum Gasteiger partial charge on any atom is -0.497 e. The van der Waals surface area contributed by atoms with E-state index in [9.17, 15) is 8.42 Å². The van der Waals surface area contributed by atoms with Crippen LogP contribution < -0.4 is 4.74 Å². The highest BCUT2D eigenvalue weighted by atomic mass is 32.2. The molecule has 0 aliphatic carbocycles. The summed E-state index contributed by atoms with van der Waals surface area (Å²) < 4.78 is 30.7. The van der Waals surface area contributed by atoms with Crippen molar-refractivity contribution in [1.82, 2.24) is 14.7 Å². The van der Waals surface area contributed by atoms with Gasteiger partial charge in [0.2, 0.25) is 0 Å². The highest BCUT2D eigenvalue weighted by Crippen LogP contribution is 2.27. The molecule has 2 heterocycles. The molecule has 3 rings (SSSR count). The maximum atomic E-state index is 11.8. The van der Waals surface area contributed by atoms with E-state index in [0.717, 1.165) is 36.6 Å². The van der Waals surface area contributed by atoms with Crippen molar-refractivity contribution in [2.75, 3.05) is 32.2 Å². The van der Waals surface area contributed by atoms with Crippen molar-refractivity contribution in [1.29, 1.82) is 0 Å². The third kappa shape index (κ3) is 4.71. The topological polar surface area (TPSA) is 64.4 Å². The molecule has 0 unspecified atom stereocenters. The summed E-state index contributed by atoms with van der Waals surface area (Å²) in [7, 11) is 0.875. The zero-order valence-corrected chi connectivity index (χ0v) is 17.4. The van der Waals surface area contributed by atoms with Crippen LogP contribution in [0.5, 0.6) is 5.75 Å². The van der Waals surface area contributed by atoms with Gasteiger partial charge in [0.25, 0.3) is 0 Å². The van der Waals surface area contributed by atoms with Gasteiger partial charge in [-0.25, -0.2) is 8.42 Å². The summed E-state index contributed by atoms with van der Waals surface area (Å²) in [5.74, 6) is 1.36. The summed E-state index contributed by atoms with van der Waals surface area (Å²) in [6, 6.07) is 8.16. The lowest BCUT2D eigenvalue weighted by Gasteiger charge is -2.18. The van der Waals surface area contributed by atoms with Crippen LogP contribution in [-0.4, -0.2) is 55.3 Å². The second-order valence-corrected chi connectivity index (χ2v) is 9.72. The Morgan fingerprint density at radius 2 is 1.96 bits per heavy atom. The van der Waals surface area contributed by atoms with Crippen LogP contribution in [0.15, 0.2) is 24.3 Å². The molecule has 0 amide bonds. The Labute approximate surface area is 162 Å². The molecule has 1 saturated heterocycles. The van der Waals surface area contributed by atoms with Crippen LogP contribution in [0.25, 0.3) is 0 Å². The van der Waals surface area contributed by atoms with Gasteiger partial charge < -0.3 is 9.64 Å². The fraction of sp³-hybridized carbons (Fsp3) is 0.550. The van der Waals surface area contributed by atoms with Crippen LogP contribution in [0.3, 0.4) is 0 Å². The Bertz CT molecular complexity index is 888. The molecule has 148 valence electrons. The number of aryl methyl sites for hydroxylation is 1. The zero-order valence-electron chi connectivity index (χ0n) is 16.6. The predicted molar refractivity (Wildman–Crippen MR) is 107 cm³/mol. The SMILES string of the molecule is COc1ccc(CCN(C)Cc2c(C)nn([C@@H]3CCS(=O)(=O)C3)c2C)cc1. The van der Waals surface area contributed by atoms with Crippen molar-refractivity contribution < 1.29 is 13.2 Å². The van der Waals surface area contributed by atoms with Crippen LogP contribution in [0.4, 0.5) is 0 Å². The molecule has 27 heavy (non-hydrogen) atoms. The zero-order chi connectivity index (χ0) is 19.6. The van der Waals surface area contributed by atoms with Crippen molar-refractivity contribution >= 4 is 9.84 Å². The van der Waals surface area contributed by atoms with Gasteiger partial charge in [-0.05, 0) is 51.4 Å². The Morgan fingerprint density at radius 3 is 2.56 bits per heavy atom. The molecule has 1 aliphatic rings. The van der Waals surface area contributed by atoms with Gasteiger partial charge in [0.1, 0.15) is 5.75 Å². The number of hydrogen-bond acceptors (Lipinski definition) is 5. The van der Waals surface area contributed by atoms with Crippen LogP contribution in [0, 0.1) is 13.8 Å². The number of likely N-dealkylation sites (N-methyl/N-ethyl adjacent to an activating group) is 1. The third-order valence-electron chi connectivity index (χ3n) is 5.40. The standard InChI is InChI=1S/C20H29N3O3S/c1-15-20(16(2)23(21-15)18-10-12-27(24,25)14-18)13-22(3)11-9-17-5-7-19(26-4)8-6-17/h5-8,18H,9-14H2,1-4H3/t18-/m1/s1. The maximum absolute atomic E-state index is 11.8. The quantitative estimate of drug-likeness (QED) is 0.726. The molecule has 1 aromatic heterocycles. The van der Waals surface area contributed by atoms with E-state index in [1.54, 1.807) is 7.11 Å². The van der Waals surface area contributed by atoms with E-state index in [2.05, 4.69) is 36.1 Å². The third-order valence-corrected chi connectivity index (χ3v) is 7.15. The van der Waals surface area contributed by atoms with E-state index < -0.39 is 9.84 Å². The van der Waals surface area contributed by atoms with Crippen molar-refractivity contribution in [3.8, 4) is 5.75 Å². The molecule has 2 aromatic rings. The molecule has 7 heteroatoms. The second-order valence-electron chi connectivity index (χ2n) is 7.49. The molecule has 1 aromatic carbocycles. The van der Waals surface area contributed by atoms with Gasteiger partial charge in [0.05, 0.1) is 30.4 Å². The van der Waals surface area contributed by atoms with Gasteiger partial charge in [-0.15, -0.1) is 0 Å². The largest absolute Gasteiger partial charge is 0.497 e. The average molecular weight is 392 g/mol. The van der Waals surface area contributed by atoms with E-state index in [1.165, 1.54) is 11.1 Å². The Kier molecular flexibility index (Phi) is 5.91. The first kappa shape index (κ1) is 19.9. The van der Waals surface area contributed by atoms with Gasteiger partial charge >= 0.3 is 0 Å². The molecule has 0 bridgehead atoms. The van der Waals surface area contributed by atoms with E-state index in [4.69, 9.17) is 4.74 Å². The number of ether oxygens (including phenoxy) is 1. The average Bonchev–Trinajstić information content (AvgIpc) is 3.14. The van der Waals surface area contributed by atoms with E-state index in [0.29, 0.717) is 6.42 Å². The summed E-state index contributed by atoms with van der Waals surface area (Å²) in [4.78, 5) is 2.29. The highest BCUT2D eigenvalue weighted by molar-refractivity contribution is 7.91. The normalized spacial score (nSPS) is 18.9. The van der Waals surface area contributed by atoms with E-state index >= 15 is 0 Å². The van der Waals surface area contributed by atoms with Crippen LogP contribution in [0.2, 0.25) is 0 Å². The second kappa shape index (κ2) is 8.02. The van der Waals surface area contributed by atoms with Crippen molar-refractivity contribution in [2.24, 2.45) is 0 Å². The summed E-state index contributed by atoms with van der Waals surface area (Å²) in [6.45, 7) is 5.82. The molecule has 0 N–H and O–H groups in total. The van der Waals surface area contributed by atoms with Crippen molar-refractivity contribution in [3.63, 3.8) is 0 Å². The van der Waals surface area contributed by atoms with Crippen molar-refractivity contribution in [3.05, 3.63) is 46.8 Å². The number of sulfone groups is 1. The summed E-state index contributed by atoms with van der Waals surface area (Å²) in [6.07, 6.45) is 1.63. The Hall–Kier alpha value is -1.86. The maximum Gasteiger partial charge on any atom is 0.152 e. The smallest absolute Gasteiger partial charge is 0.152 e. The summed E-state index contributed by atoms with van der Waals surface area (Å²) in [5.41, 5.74) is 4.57. The number of methoxy groups -OCH3 is 1. The van der Waals surface area contributed by atoms with Crippen LogP contribution >= 0.6 is 0 Å². The van der Waals surface area contributed by atoms with Gasteiger partial charge in [-0.1, -0.05) is 12.1 Å². The van der Waals surface area contributed by atoms with Gasteiger partial charge in [0, 0.05) is 24.3 Å². The number of rotatable bonds is 7. The molecule has 0 saturated carbocycles. The first-order chi connectivity index (χ1) is 12.8. The van der Waals surface area contributed by atoms with Gasteiger partial charge in [-0.2, -0.15) is 5.10 Å². The lowest BCUT2D eigenvalue weighted by molar-refractivity contribution is 0.329. The first-order valence-electron chi connectivity index (χ1n) is 9.35. The Balaban J connectivity index is 1.63. The summed E-state index contributed by atoms with van der Waals surface area (Å²) >= 11 is 0. The van der Waals surface area contributed by atoms with Gasteiger partial charge in [-0.3, -0.25) is 4.68 Å². The molecule has 6 nitrogen and oxygen atoms in total. The summed E-state index contributed by atoms with van der Waals surface area (Å²) in [5, 5.41) is 4.66. The first-order valence-corrected chi connectivity index (χ1v) is 11.2. The minimum atomic E-state index is -2.91. The molecule has 0 spiro atoms. The van der Waals surface area contributed by atoms with Gasteiger partial charge in [0.15, 0.2) is 9.84 Å². The number of benzene rings is 1. The molecule has 1 fully saturated rings. The number of hydrogen-bond donors (Lipinski definition) is 0. The molecule has 1 aliphatic heterocycles. The molecular weight excluding hydrogens is 362 g/mol. The highest BCUT2D eigenvalue weighted by Gasteiger charge is 2.31. The fourth-order valence-electron chi connectivity index (χ4n) is 3.71. The predicted octanol–water partition coefficient (Wildman–Crippen LogP) is 2.54. The molecule has 1 atom stereocenters. The Morgan fingerprint density at radius 1 is 1.26 bits per heavy atom. The molecule has 0 radical (unpaired) electrons. The lowest BCUT2D eigenvalue weighted by atomic mass is 10.1. The van der Waals surface area contributed by atoms with E-state index in [1.807, 2.05) is 23.7 Å². The number of aromatic nitrogens is 2. The fourth-order valence-corrected chi connectivity index (χ4v) is 5.40. The lowest BCUT2D eigenvalue weighted by Crippen LogP contribution is -2.21.